The monoisotopic (exact) mass is 286 g/mol. The van der Waals surface area contributed by atoms with Crippen molar-refractivity contribution in [3.63, 3.8) is 0 Å². The Labute approximate surface area is 115 Å². The van der Waals surface area contributed by atoms with Gasteiger partial charge in [0.15, 0.2) is 0 Å². The van der Waals surface area contributed by atoms with E-state index in [0.717, 1.165) is 11.8 Å². The van der Waals surface area contributed by atoms with Crippen LogP contribution in [0.15, 0.2) is 24.3 Å². The molecule has 1 N–H and O–H groups in total. The number of para-hydroxylation sites is 1. The minimum atomic E-state index is -3.20. The zero-order valence-electron chi connectivity index (χ0n) is 11.9. The van der Waals surface area contributed by atoms with E-state index in [1.54, 1.807) is 0 Å². The number of benzene rings is 1. The summed E-state index contributed by atoms with van der Waals surface area (Å²) in [6.45, 7) is 6.19. The SMILES string of the molecule is CC(C)(C)c1ccccc1OCC(O)CS(C)(=O)=O. The molecule has 1 aromatic carbocycles. The average Bonchev–Trinajstić information content (AvgIpc) is 2.23. The second-order valence-corrected chi connectivity index (χ2v) is 7.99. The molecule has 0 saturated heterocycles. The smallest absolute Gasteiger partial charge is 0.150 e. The Kier molecular flexibility index (Phi) is 4.98. The lowest BCUT2D eigenvalue weighted by Gasteiger charge is -2.23. The molecule has 0 spiro atoms. The maximum absolute atomic E-state index is 11.1. The molecule has 1 unspecified atom stereocenters. The summed E-state index contributed by atoms with van der Waals surface area (Å²) in [4.78, 5) is 0. The Hall–Kier alpha value is -1.07. The molecule has 0 aliphatic rings. The number of sulfone groups is 1. The molecule has 0 amide bonds. The molecule has 0 saturated carbocycles. The summed E-state index contributed by atoms with van der Waals surface area (Å²) in [7, 11) is -3.20. The van der Waals surface area contributed by atoms with Gasteiger partial charge in [-0.15, -0.1) is 0 Å². The van der Waals surface area contributed by atoms with Gasteiger partial charge in [0.05, 0.1) is 5.75 Å². The van der Waals surface area contributed by atoms with Crippen LogP contribution in [-0.2, 0) is 15.3 Å². The van der Waals surface area contributed by atoms with Crippen molar-refractivity contribution < 1.29 is 18.3 Å². The summed E-state index contributed by atoms with van der Waals surface area (Å²) in [5.74, 6) is 0.396. The maximum Gasteiger partial charge on any atom is 0.150 e. The van der Waals surface area contributed by atoms with Gasteiger partial charge in [-0.05, 0) is 17.0 Å². The van der Waals surface area contributed by atoms with Gasteiger partial charge in [0.25, 0.3) is 0 Å². The van der Waals surface area contributed by atoms with E-state index in [1.807, 2.05) is 24.3 Å². The van der Waals surface area contributed by atoms with Gasteiger partial charge in [-0.3, -0.25) is 0 Å². The largest absolute Gasteiger partial charge is 0.491 e. The minimum Gasteiger partial charge on any atom is -0.491 e. The van der Waals surface area contributed by atoms with Gasteiger partial charge < -0.3 is 9.84 Å². The first kappa shape index (κ1) is 16.0. The Morgan fingerprint density at radius 2 is 1.84 bits per heavy atom. The highest BCUT2D eigenvalue weighted by atomic mass is 32.2. The molecule has 0 bridgehead atoms. The summed E-state index contributed by atoms with van der Waals surface area (Å²) in [6.07, 6.45) is 0.0855. The summed E-state index contributed by atoms with van der Waals surface area (Å²) in [6, 6.07) is 7.58. The number of hydrogen-bond acceptors (Lipinski definition) is 4. The van der Waals surface area contributed by atoms with Crippen LogP contribution < -0.4 is 4.74 Å². The van der Waals surface area contributed by atoms with Crippen LogP contribution in [0.3, 0.4) is 0 Å². The molecule has 5 heteroatoms. The molecule has 0 fully saturated rings. The number of aliphatic hydroxyl groups excluding tert-OH is 1. The van der Waals surface area contributed by atoms with E-state index in [0.29, 0.717) is 5.75 Å². The van der Waals surface area contributed by atoms with Crippen LogP contribution in [0.1, 0.15) is 26.3 Å². The summed E-state index contributed by atoms with van der Waals surface area (Å²) >= 11 is 0. The molecular weight excluding hydrogens is 264 g/mol. The van der Waals surface area contributed by atoms with Crippen LogP contribution in [0, 0.1) is 0 Å². The van der Waals surface area contributed by atoms with Gasteiger partial charge in [0.1, 0.15) is 28.3 Å². The van der Waals surface area contributed by atoms with E-state index in [9.17, 15) is 13.5 Å². The molecule has 0 aliphatic carbocycles. The molecular formula is C14H22O4S. The lowest BCUT2D eigenvalue weighted by Crippen LogP contribution is -2.27. The fourth-order valence-electron chi connectivity index (χ4n) is 1.80. The quantitative estimate of drug-likeness (QED) is 0.896. The first-order chi connectivity index (χ1) is 8.59. The minimum absolute atomic E-state index is 0.0276. The number of rotatable bonds is 5. The molecule has 1 rings (SSSR count). The lowest BCUT2D eigenvalue weighted by molar-refractivity contribution is 0.123. The van der Waals surface area contributed by atoms with E-state index >= 15 is 0 Å². The van der Waals surface area contributed by atoms with Crippen LogP contribution in [0.2, 0.25) is 0 Å². The van der Waals surface area contributed by atoms with E-state index in [-0.39, 0.29) is 17.8 Å². The van der Waals surface area contributed by atoms with Crippen molar-refractivity contribution >= 4 is 9.84 Å². The van der Waals surface area contributed by atoms with E-state index in [2.05, 4.69) is 20.8 Å². The predicted octanol–water partition coefficient (Wildman–Crippen LogP) is 1.77. The second-order valence-electron chi connectivity index (χ2n) is 5.80. The van der Waals surface area contributed by atoms with Crippen molar-refractivity contribution in [2.24, 2.45) is 0 Å². The van der Waals surface area contributed by atoms with Crippen molar-refractivity contribution in [1.29, 1.82) is 0 Å². The van der Waals surface area contributed by atoms with Crippen LogP contribution in [0.5, 0.6) is 5.75 Å². The normalized spacial score (nSPS) is 14.2. The second kappa shape index (κ2) is 5.92. The third-order valence-electron chi connectivity index (χ3n) is 2.62. The molecule has 0 aromatic heterocycles. The Bertz CT molecular complexity index is 514. The molecule has 4 nitrogen and oxygen atoms in total. The zero-order chi connectivity index (χ0) is 14.7. The van der Waals surface area contributed by atoms with E-state index < -0.39 is 15.9 Å². The highest BCUT2D eigenvalue weighted by Crippen LogP contribution is 2.30. The van der Waals surface area contributed by atoms with E-state index in [4.69, 9.17) is 4.74 Å². The highest BCUT2D eigenvalue weighted by Gasteiger charge is 2.19. The molecule has 1 aromatic rings. The van der Waals surface area contributed by atoms with Crippen LogP contribution in [0.25, 0.3) is 0 Å². The molecule has 0 heterocycles. The lowest BCUT2D eigenvalue weighted by atomic mass is 9.86. The Morgan fingerprint density at radius 1 is 1.26 bits per heavy atom. The number of ether oxygens (including phenoxy) is 1. The molecule has 108 valence electrons. The van der Waals surface area contributed by atoms with Crippen LogP contribution >= 0.6 is 0 Å². The first-order valence-corrected chi connectivity index (χ1v) is 8.24. The predicted molar refractivity (Wildman–Crippen MR) is 76.4 cm³/mol. The molecule has 0 radical (unpaired) electrons. The third kappa shape index (κ3) is 5.61. The molecule has 19 heavy (non-hydrogen) atoms. The van der Waals surface area contributed by atoms with Crippen molar-refractivity contribution in [3.8, 4) is 5.75 Å². The third-order valence-corrected chi connectivity index (χ3v) is 3.61. The van der Waals surface area contributed by atoms with E-state index in [1.165, 1.54) is 0 Å². The van der Waals surface area contributed by atoms with Gasteiger partial charge in [-0.1, -0.05) is 39.0 Å². The first-order valence-electron chi connectivity index (χ1n) is 6.18. The van der Waals surface area contributed by atoms with Crippen LogP contribution in [-0.4, -0.2) is 38.2 Å². The van der Waals surface area contributed by atoms with Gasteiger partial charge in [0, 0.05) is 6.26 Å². The fraction of sp³-hybridized carbons (Fsp3) is 0.571. The summed E-state index contributed by atoms with van der Waals surface area (Å²) in [5, 5.41) is 9.64. The van der Waals surface area contributed by atoms with Crippen molar-refractivity contribution in [3.05, 3.63) is 29.8 Å². The van der Waals surface area contributed by atoms with Crippen LogP contribution in [0.4, 0.5) is 0 Å². The average molecular weight is 286 g/mol. The number of aliphatic hydroxyl groups is 1. The number of hydrogen-bond donors (Lipinski definition) is 1. The van der Waals surface area contributed by atoms with Crippen molar-refractivity contribution in [2.45, 2.75) is 32.3 Å². The van der Waals surface area contributed by atoms with Gasteiger partial charge >= 0.3 is 0 Å². The highest BCUT2D eigenvalue weighted by molar-refractivity contribution is 7.90. The molecule has 0 aliphatic heterocycles. The summed E-state index contributed by atoms with van der Waals surface area (Å²) < 4.78 is 27.7. The zero-order valence-corrected chi connectivity index (χ0v) is 12.7. The van der Waals surface area contributed by atoms with Gasteiger partial charge in [-0.25, -0.2) is 8.42 Å². The van der Waals surface area contributed by atoms with Gasteiger partial charge in [-0.2, -0.15) is 0 Å². The maximum atomic E-state index is 11.1. The fourth-order valence-corrected chi connectivity index (χ4v) is 2.59. The Morgan fingerprint density at radius 3 is 2.37 bits per heavy atom. The Balaban J connectivity index is 2.74. The standard InChI is InChI=1S/C14H22O4S/c1-14(2,3)12-7-5-6-8-13(12)18-9-11(15)10-19(4,16)17/h5-8,11,15H,9-10H2,1-4H3. The van der Waals surface area contributed by atoms with Gasteiger partial charge in [0.2, 0.25) is 0 Å². The van der Waals surface area contributed by atoms with Crippen molar-refractivity contribution in [1.82, 2.24) is 0 Å². The summed E-state index contributed by atoms with van der Waals surface area (Å²) in [5.41, 5.74) is 0.958. The molecule has 1 atom stereocenters. The topological polar surface area (TPSA) is 63.6 Å². The van der Waals surface area contributed by atoms with Crippen molar-refractivity contribution in [2.75, 3.05) is 18.6 Å².